The van der Waals surface area contributed by atoms with Gasteiger partial charge in [0, 0.05) is 25.4 Å². The number of hydrogen-bond donors (Lipinski definition) is 0. The molecule has 0 aromatic carbocycles. The van der Waals surface area contributed by atoms with Gasteiger partial charge in [0.25, 0.3) is 0 Å². The lowest BCUT2D eigenvalue weighted by atomic mass is 10.2. The van der Waals surface area contributed by atoms with Gasteiger partial charge < -0.3 is 9.64 Å². The van der Waals surface area contributed by atoms with Gasteiger partial charge in [-0.05, 0) is 28.5 Å². The maximum atomic E-state index is 12.2. The van der Waals surface area contributed by atoms with Crippen molar-refractivity contribution in [1.29, 1.82) is 0 Å². The first-order valence-electron chi connectivity index (χ1n) is 6.54. The molecule has 1 aliphatic heterocycles. The molecule has 5 nitrogen and oxygen atoms in total. The second-order valence-electron chi connectivity index (χ2n) is 4.71. The van der Waals surface area contributed by atoms with Gasteiger partial charge in [-0.2, -0.15) is 11.3 Å². The first kappa shape index (κ1) is 13.1. The average molecular weight is 289 g/mol. The van der Waals surface area contributed by atoms with Crippen molar-refractivity contribution in [2.45, 2.75) is 18.9 Å². The molecule has 3 rings (SSSR count). The lowest BCUT2D eigenvalue weighted by molar-refractivity contribution is -0.129. The van der Waals surface area contributed by atoms with Crippen molar-refractivity contribution in [2.75, 3.05) is 13.1 Å². The summed E-state index contributed by atoms with van der Waals surface area (Å²) < 4.78 is 5.68. The summed E-state index contributed by atoms with van der Waals surface area (Å²) in [6.45, 7) is 1.35. The molecule has 1 aliphatic rings. The van der Waals surface area contributed by atoms with E-state index in [1.54, 1.807) is 29.8 Å². The number of ether oxygens (including phenoxy) is 1. The molecule has 1 amide bonds. The van der Waals surface area contributed by atoms with E-state index in [-0.39, 0.29) is 12.0 Å². The smallest absolute Gasteiger partial charge is 0.316 e. The molecule has 0 N–H and O–H groups in total. The molecule has 1 atom stereocenters. The van der Waals surface area contributed by atoms with Crippen LogP contribution in [0.1, 0.15) is 12.0 Å². The molecule has 6 heteroatoms. The SMILES string of the molecule is O=C(Cc1ccsc1)N1CCC(Oc2ncccn2)C1. The lowest BCUT2D eigenvalue weighted by Crippen LogP contribution is -2.32. The number of hydrogen-bond acceptors (Lipinski definition) is 5. The number of carbonyl (C=O) groups is 1. The molecule has 0 saturated carbocycles. The van der Waals surface area contributed by atoms with Gasteiger partial charge in [-0.15, -0.1) is 0 Å². The molecule has 2 aromatic rings. The van der Waals surface area contributed by atoms with Crippen LogP contribution in [-0.2, 0) is 11.2 Å². The fraction of sp³-hybridized carbons (Fsp3) is 0.357. The molecule has 0 spiro atoms. The highest BCUT2D eigenvalue weighted by Gasteiger charge is 2.28. The van der Waals surface area contributed by atoms with E-state index in [9.17, 15) is 4.79 Å². The molecular weight excluding hydrogens is 274 g/mol. The Morgan fingerprint density at radius 1 is 1.45 bits per heavy atom. The molecule has 104 valence electrons. The van der Waals surface area contributed by atoms with E-state index in [0.29, 0.717) is 19.0 Å². The summed E-state index contributed by atoms with van der Waals surface area (Å²) in [5, 5.41) is 4.00. The van der Waals surface area contributed by atoms with E-state index in [0.717, 1.165) is 18.5 Å². The predicted octanol–water partition coefficient (Wildman–Crippen LogP) is 1.76. The third-order valence-corrected chi connectivity index (χ3v) is 3.98. The maximum Gasteiger partial charge on any atom is 0.316 e. The van der Waals surface area contributed by atoms with Crippen molar-refractivity contribution < 1.29 is 9.53 Å². The minimum Gasteiger partial charge on any atom is -0.458 e. The van der Waals surface area contributed by atoms with Crippen molar-refractivity contribution in [2.24, 2.45) is 0 Å². The average Bonchev–Trinajstić information content (AvgIpc) is 3.11. The minimum absolute atomic E-state index is 0.0103. The molecule has 1 unspecified atom stereocenters. The number of amides is 1. The van der Waals surface area contributed by atoms with Crippen LogP contribution in [0, 0.1) is 0 Å². The Balaban J connectivity index is 1.53. The molecule has 1 fully saturated rings. The zero-order chi connectivity index (χ0) is 13.8. The Kier molecular flexibility index (Phi) is 3.92. The Hall–Kier alpha value is -1.95. The van der Waals surface area contributed by atoms with Crippen molar-refractivity contribution in [3.63, 3.8) is 0 Å². The zero-order valence-electron chi connectivity index (χ0n) is 10.9. The molecular formula is C14H15N3O2S. The van der Waals surface area contributed by atoms with Crippen molar-refractivity contribution >= 4 is 17.2 Å². The zero-order valence-corrected chi connectivity index (χ0v) is 11.8. The highest BCUT2D eigenvalue weighted by molar-refractivity contribution is 7.07. The number of aromatic nitrogens is 2. The largest absolute Gasteiger partial charge is 0.458 e. The van der Waals surface area contributed by atoms with Gasteiger partial charge in [0.15, 0.2) is 0 Å². The first-order chi connectivity index (χ1) is 9.81. The Labute approximate surface area is 121 Å². The van der Waals surface area contributed by atoms with E-state index in [2.05, 4.69) is 9.97 Å². The monoisotopic (exact) mass is 289 g/mol. The normalized spacial score (nSPS) is 18.2. The van der Waals surface area contributed by atoms with Gasteiger partial charge in [0.1, 0.15) is 6.10 Å². The fourth-order valence-electron chi connectivity index (χ4n) is 2.23. The van der Waals surface area contributed by atoms with Crippen LogP contribution in [0.5, 0.6) is 6.01 Å². The minimum atomic E-state index is -0.0103. The maximum absolute atomic E-state index is 12.2. The van der Waals surface area contributed by atoms with E-state index in [1.165, 1.54) is 0 Å². The van der Waals surface area contributed by atoms with Crippen molar-refractivity contribution in [3.05, 3.63) is 40.8 Å². The summed E-state index contributed by atoms with van der Waals surface area (Å²) in [5.74, 6) is 0.156. The molecule has 0 aliphatic carbocycles. The number of carbonyl (C=O) groups excluding carboxylic acids is 1. The standard InChI is InChI=1S/C14H15N3O2S/c18-13(8-11-3-7-20-10-11)17-6-2-12(9-17)19-14-15-4-1-5-16-14/h1,3-5,7,10,12H,2,6,8-9H2. The van der Waals surface area contributed by atoms with Crippen LogP contribution < -0.4 is 4.74 Å². The second-order valence-corrected chi connectivity index (χ2v) is 5.49. The summed E-state index contributed by atoms with van der Waals surface area (Å²) in [6, 6.07) is 4.12. The van der Waals surface area contributed by atoms with Gasteiger partial charge in [-0.25, -0.2) is 9.97 Å². The summed E-state index contributed by atoms with van der Waals surface area (Å²) in [5.41, 5.74) is 1.08. The van der Waals surface area contributed by atoms with Gasteiger partial charge >= 0.3 is 6.01 Å². The second kappa shape index (κ2) is 6.00. The van der Waals surface area contributed by atoms with Crippen LogP contribution in [0.2, 0.25) is 0 Å². The third-order valence-electron chi connectivity index (χ3n) is 3.25. The van der Waals surface area contributed by atoms with Crippen LogP contribution in [0.15, 0.2) is 35.3 Å². The van der Waals surface area contributed by atoms with Crippen molar-refractivity contribution in [3.8, 4) is 6.01 Å². The topological polar surface area (TPSA) is 55.3 Å². The number of rotatable bonds is 4. The van der Waals surface area contributed by atoms with E-state index < -0.39 is 0 Å². The predicted molar refractivity (Wildman–Crippen MR) is 75.7 cm³/mol. The molecule has 2 aromatic heterocycles. The van der Waals surface area contributed by atoms with Crippen LogP contribution in [0.25, 0.3) is 0 Å². The van der Waals surface area contributed by atoms with Crippen LogP contribution in [0.4, 0.5) is 0 Å². The lowest BCUT2D eigenvalue weighted by Gasteiger charge is -2.16. The van der Waals surface area contributed by atoms with Crippen LogP contribution >= 0.6 is 11.3 Å². The van der Waals surface area contributed by atoms with Gasteiger partial charge in [-0.1, -0.05) is 0 Å². The number of nitrogens with zero attached hydrogens (tertiary/aromatic N) is 3. The summed E-state index contributed by atoms with van der Waals surface area (Å²) in [6.07, 6.45) is 4.59. The van der Waals surface area contributed by atoms with E-state index in [4.69, 9.17) is 4.74 Å². The summed E-state index contributed by atoms with van der Waals surface area (Å²) >= 11 is 1.61. The van der Waals surface area contributed by atoms with Crippen LogP contribution in [0.3, 0.4) is 0 Å². The first-order valence-corrected chi connectivity index (χ1v) is 7.48. The Morgan fingerprint density at radius 2 is 2.30 bits per heavy atom. The summed E-state index contributed by atoms with van der Waals surface area (Å²) in [4.78, 5) is 22.1. The molecule has 3 heterocycles. The van der Waals surface area contributed by atoms with Gasteiger partial charge in [-0.3, -0.25) is 4.79 Å². The molecule has 1 saturated heterocycles. The van der Waals surface area contributed by atoms with Crippen LogP contribution in [-0.4, -0.2) is 40.0 Å². The quantitative estimate of drug-likeness (QED) is 0.860. The number of likely N-dealkylation sites (tertiary alicyclic amines) is 1. The molecule has 20 heavy (non-hydrogen) atoms. The highest BCUT2D eigenvalue weighted by atomic mass is 32.1. The highest BCUT2D eigenvalue weighted by Crippen LogP contribution is 2.16. The molecule has 0 radical (unpaired) electrons. The van der Waals surface area contributed by atoms with Gasteiger partial charge in [0.05, 0.1) is 13.0 Å². The van der Waals surface area contributed by atoms with Gasteiger partial charge in [0.2, 0.25) is 5.91 Å². The Morgan fingerprint density at radius 3 is 3.05 bits per heavy atom. The fourth-order valence-corrected chi connectivity index (χ4v) is 2.89. The third kappa shape index (κ3) is 3.14. The van der Waals surface area contributed by atoms with E-state index >= 15 is 0 Å². The van der Waals surface area contributed by atoms with Crippen molar-refractivity contribution in [1.82, 2.24) is 14.9 Å². The Bertz CT molecular complexity index is 559. The van der Waals surface area contributed by atoms with E-state index in [1.807, 2.05) is 21.7 Å². The molecule has 0 bridgehead atoms. The number of thiophene rings is 1. The summed E-state index contributed by atoms with van der Waals surface area (Å²) in [7, 11) is 0.